The number of anilines is 1. The Morgan fingerprint density at radius 3 is 2.79 bits per heavy atom. The van der Waals surface area contributed by atoms with E-state index in [1.54, 1.807) is 20.8 Å². The number of aromatic nitrogens is 1. The van der Waals surface area contributed by atoms with Gasteiger partial charge in [-0.15, -0.1) is 0 Å². The fourth-order valence-corrected chi connectivity index (χ4v) is 1.80. The molecule has 1 aliphatic heterocycles. The van der Waals surface area contributed by atoms with E-state index in [1.807, 2.05) is 0 Å². The fraction of sp³-hybridized carbons (Fsp3) is 0.462. The summed E-state index contributed by atoms with van der Waals surface area (Å²) >= 11 is 0. The summed E-state index contributed by atoms with van der Waals surface area (Å²) in [7, 11) is 0. The highest BCUT2D eigenvalue weighted by molar-refractivity contribution is 6.06. The Bertz CT molecular complexity index is 537. The highest BCUT2D eigenvalue weighted by Crippen LogP contribution is 2.26. The Labute approximate surface area is 110 Å². The number of carbonyl (C=O) groups excluding carboxylic acids is 2. The van der Waals surface area contributed by atoms with Crippen LogP contribution in [0.3, 0.4) is 0 Å². The van der Waals surface area contributed by atoms with E-state index in [0.29, 0.717) is 0 Å². The van der Waals surface area contributed by atoms with Gasteiger partial charge in [-0.1, -0.05) is 0 Å². The Morgan fingerprint density at radius 2 is 2.16 bits per heavy atom. The fourth-order valence-electron chi connectivity index (χ4n) is 1.80. The van der Waals surface area contributed by atoms with Crippen LogP contribution in [0.15, 0.2) is 12.3 Å². The van der Waals surface area contributed by atoms with Crippen molar-refractivity contribution < 1.29 is 18.7 Å². The second-order valence-electron chi connectivity index (χ2n) is 5.33. The summed E-state index contributed by atoms with van der Waals surface area (Å²) in [5.41, 5.74) is -0.518. The van der Waals surface area contributed by atoms with Crippen LogP contribution in [0.2, 0.25) is 0 Å². The number of carbonyl (C=O) groups is 2. The number of amides is 1. The van der Waals surface area contributed by atoms with Gasteiger partial charge in [0.25, 0.3) is 0 Å². The Morgan fingerprint density at radius 1 is 1.47 bits per heavy atom. The molecule has 2 rings (SSSR count). The van der Waals surface area contributed by atoms with Crippen molar-refractivity contribution in [3.8, 4) is 0 Å². The number of hydrogen-bond donors (Lipinski definition) is 0. The first-order valence-electron chi connectivity index (χ1n) is 5.97. The van der Waals surface area contributed by atoms with Crippen LogP contribution in [0.1, 0.15) is 37.6 Å². The number of ether oxygens (including phenoxy) is 1. The molecule has 2 heterocycles. The van der Waals surface area contributed by atoms with E-state index in [1.165, 1.54) is 4.90 Å². The SMILES string of the molecule is CC(C)(C)OC(=O)N1CCC(=O)c2cc(F)cnc21. The van der Waals surface area contributed by atoms with Crippen molar-refractivity contribution in [2.45, 2.75) is 32.8 Å². The van der Waals surface area contributed by atoms with Gasteiger partial charge in [0.1, 0.15) is 17.2 Å². The first kappa shape index (κ1) is 13.5. The number of halogens is 1. The minimum Gasteiger partial charge on any atom is -0.443 e. The predicted octanol–water partition coefficient (Wildman–Crippen LogP) is 2.55. The molecule has 1 aliphatic rings. The second kappa shape index (κ2) is 4.60. The zero-order valence-electron chi connectivity index (χ0n) is 11.1. The average Bonchev–Trinajstić information content (AvgIpc) is 2.27. The summed E-state index contributed by atoms with van der Waals surface area (Å²) in [4.78, 5) is 28.8. The lowest BCUT2D eigenvalue weighted by Crippen LogP contribution is -2.41. The van der Waals surface area contributed by atoms with Crippen molar-refractivity contribution in [1.29, 1.82) is 0 Å². The molecule has 0 radical (unpaired) electrons. The van der Waals surface area contributed by atoms with E-state index in [-0.39, 0.29) is 30.1 Å². The number of fused-ring (bicyclic) bond motifs is 1. The summed E-state index contributed by atoms with van der Waals surface area (Å²) < 4.78 is 18.4. The third kappa shape index (κ3) is 2.89. The van der Waals surface area contributed by atoms with Gasteiger partial charge in [0.05, 0.1) is 11.8 Å². The Hall–Kier alpha value is -1.98. The molecule has 0 saturated carbocycles. The van der Waals surface area contributed by atoms with Gasteiger partial charge in [0, 0.05) is 13.0 Å². The molecule has 1 aromatic rings. The highest BCUT2D eigenvalue weighted by Gasteiger charge is 2.31. The maximum atomic E-state index is 13.1. The van der Waals surface area contributed by atoms with Gasteiger partial charge in [-0.25, -0.2) is 14.2 Å². The number of hydrogen-bond acceptors (Lipinski definition) is 4. The second-order valence-corrected chi connectivity index (χ2v) is 5.33. The smallest absolute Gasteiger partial charge is 0.416 e. The van der Waals surface area contributed by atoms with Gasteiger partial charge in [0.15, 0.2) is 5.78 Å². The van der Waals surface area contributed by atoms with Gasteiger partial charge in [-0.3, -0.25) is 9.69 Å². The van der Waals surface area contributed by atoms with Crippen LogP contribution in [0.25, 0.3) is 0 Å². The minimum atomic E-state index is -0.640. The summed E-state index contributed by atoms with van der Waals surface area (Å²) in [5, 5.41) is 0. The zero-order valence-corrected chi connectivity index (χ0v) is 11.1. The number of pyridine rings is 1. The molecule has 102 valence electrons. The third-order valence-electron chi connectivity index (χ3n) is 2.57. The molecule has 0 N–H and O–H groups in total. The molecule has 0 saturated heterocycles. The monoisotopic (exact) mass is 266 g/mol. The molecule has 0 bridgehead atoms. The van der Waals surface area contributed by atoms with Crippen LogP contribution in [0.4, 0.5) is 15.0 Å². The quantitative estimate of drug-likeness (QED) is 0.724. The standard InChI is InChI=1S/C13H15FN2O3/c1-13(2,3)19-12(18)16-5-4-10(17)9-6-8(14)7-15-11(9)16/h6-7H,4-5H2,1-3H3. The molecule has 1 aromatic heterocycles. The third-order valence-corrected chi connectivity index (χ3v) is 2.57. The predicted molar refractivity (Wildman–Crippen MR) is 66.7 cm³/mol. The summed E-state index contributed by atoms with van der Waals surface area (Å²) in [5.74, 6) is -0.660. The molecule has 0 fully saturated rings. The van der Waals surface area contributed by atoms with Crippen LogP contribution < -0.4 is 4.90 Å². The maximum Gasteiger partial charge on any atom is 0.416 e. The van der Waals surface area contributed by atoms with Gasteiger partial charge in [0.2, 0.25) is 0 Å². The van der Waals surface area contributed by atoms with Crippen LogP contribution in [0.5, 0.6) is 0 Å². The lowest BCUT2D eigenvalue weighted by atomic mass is 10.0. The van der Waals surface area contributed by atoms with Crippen LogP contribution in [0, 0.1) is 5.82 Å². The Kier molecular flexibility index (Phi) is 3.26. The normalized spacial score (nSPS) is 15.2. The number of rotatable bonds is 0. The molecule has 0 spiro atoms. The lowest BCUT2D eigenvalue weighted by molar-refractivity contribution is 0.0576. The topological polar surface area (TPSA) is 59.5 Å². The van der Waals surface area contributed by atoms with Crippen molar-refractivity contribution in [2.75, 3.05) is 11.4 Å². The van der Waals surface area contributed by atoms with Crippen molar-refractivity contribution >= 4 is 17.7 Å². The molecule has 0 atom stereocenters. The number of ketones is 1. The van der Waals surface area contributed by atoms with Crippen molar-refractivity contribution in [3.05, 3.63) is 23.6 Å². The number of Topliss-reactive ketones (excluding diaryl/α,β-unsaturated/α-hetero) is 1. The Balaban J connectivity index is 2.33. The van der Waals surface area contributed by atoms with Crippen LogP contribution in [-0.2, 0) is 4.74 Å². The van der Waals surface area contributed by atoms with Crippen molar-refractivity contribution in [3.63, 3.8) is 0 Å². The van der Waals surface area contributed by atoms with E-state index in [0.717, 1.165) is 12.3 Å². The van der Waals surface area contributed by atoms with E-state index < -0.39 is 17.5 Å². The van der Waals surface area contributed by atoms with E-state index in [2.05, 4.69) is 4.98 Å². The van der Waals surface area contributed by atoms with Gasteiger partial charge in [-0.2, -0.15) is 0 Å². The zero-order chi connectivity index (χ0) is 14.2. The van der Waals surface area contributed by atoms with Gasteiger partial charge >= 0.3 is 6.09 Å². The lowest BCUT2D eigenvalue weighted by Gasteiger charge is -2.30. The molecular formula is C13H15FN2O3. The highest BCUT2D eigenvalue weighted by atomic mass is 19.1. The molecule has 19 heavy (non-hydrogen) atoms. The summed E-state index contributed by atoms with van der Waals surface area (Å²) in [6.45, 7) is 5.44. The first-order chi connectivity index (χ1) is 8.78. The molecule has 5 nitrogen and oxygen atoms in total. The largest absolute Gasteiger partial charge is 0.443 e. The molecule has 6 heteroatoms. The first-order valence-corrected chi connectivity index (χ1v) is 5.97. The van der Waals surface area contributed by atoms with Gasteiger partial charge < -0.3 is 4.74 Å². The van der Waals surface area contributed by atoms with E-state index >= 15 is 0 Å². The van der Waals surface area contributed by atoms with Crippen molar-refractivity contribution in [2.24, 2.45) is 0 Å². The summed E-state index contributed by atoms with van der Waals surface area (Å²) in [6, 6.07) is 1.10. The number of nitrogens with zero attached hydrogens (tertiary/aromatic N) is 2. The molecular weight excluding hydrogens is 251 g/mol. The van der Waals surface area contributed by atoms with E-state index in [4.69, 9.17) is 4.74 Å². The maximum absolute atomic E-state index is 13.1. The van der Waals surface area contributed by atoms with Crippen molar-refractivity contribution in [1.82, 2.24) is 4.98 Å². The summed E-state index contributed by atoms with van der Waals surface area (Å²) in [6.07, 6.45) is 0.534. The van der Waals surface area contributed by atoms with Crippen LogP contribution >= 0.6 is 0 Å². The van der Waals surface area contributed by atoms with Crippen LogP contribution in [-0.4, -0.2) is 29.0 Å². The van der Waals surface area contributed by atoms with Gasteiger partial charge in [-0.05, 0) is 26.8 Å². The molecule has 0 unspecified atom stereocenters. The van der Waals surface area contributed by atoms with E-state index in [9.17, 15) is 14.0 Å². The molecule has 0 aromatic carbocycles. The average molecular weight is 266 g/mol. The molecule has 0 aliphatic carbocycles. The molecule has 1 amide bonds. The minimum absolute atomic E-state index is 0.122.